The van der Waals surface area contributed by atoms with Crippen molar-refractivity contribution in [2.24, 2.45) is 0 Å². The van der Waals surface area contributed by atoms with Crippen molar-refractivity contribution in [1.29, 1.82) is 0 Å². The molecule has 0 bridgehead atoms. The van der Waals surface area contributed by atoms with Crippen molar-refractivity contribution in [2.75, 3.05) is 7.11 Å². The van der Waals surface area contributed by atoms with Crippen LogP contribution in [-0.2, 0) is 0 Å². The zero-order valence-electron chi connectivity index (χ0n) is 8.77. The highest BCUT2D eigenvalue weighted by atomic mass is 16.5. The molecule has 0 radical (unpaired) electrons. The second-order valence-electron chi connectivity index (χ2n) is 3.22. The van der Waals surface area contributed by atoms with Gasteiger partial charge in [-0.05, 0) is 6.92 Å². The fourth-order valence-electron chi connectivity index (χ4n) is 1.42. The Morgan fingerprint density at radius 2 is 1.87 bits per heavy atom. The molecule has 0 N–H and O–H groups in total. The van der Waals surface area contributed by atoms with Crippen LogP contribution in [-0.4, -0.2) is 17.1 Å². The Kier molecular flexibility index (Phi) is 2.63. The Labute approximate surface area is 88.8 Å². The van der Waals surface area contributed by atoms with Crippen LogP contribution in [0.15, 0.2) is 36.5 Å². The average molecular weight is 200 g/mol. The Bertz CT molecular complexity index is 454. The number of benzene rings is 1. The molecule has 3 heteroatoms. The van der Waals surface area contributed by atoms with Gasteiger partial charge in [0.1, 0.15) is 5.69 Å². The molecule has 0 aliphatic heterocycles. The first-order valence-corrected chi connectivity index (χ1v) is 4.74. The van der Waals surface area contributed by atoms with Gasteiger partial charge in [-0.25, -0.2) is 9.97 Å². The van der Waals surface area contributed by atoms with Crippen LogP contribution in [0.25, 0.3) is 11.3 Å². The molecule has 0 amide bonds. The fraction of sp³-hybridized carbons (Fsp3) is 0.167. The largest absolute Gasteiger partial charge is 0.480 e. The van der Waals surface area contributed by atoms with Crippen LogP contribution < -0.4 is 4.74 Å². The third-order valence-corrected chi connectivity index (χ3v) is 2.16. The quantitative estimate of drug-likeness (QED) is 0.747. The molecule has 1 heterocycles. The number of rotatable bonds is 2. The molecule has 0 fully saturated rings. The molecule has 0 unspecified atom stereocenters. The maximum Gasteiger partial charge on any atom is 0.235 e. The zero-order chi connectivity index (χ0) is 10.7. The van der Waals surface area contributed by atoms with E-state index in [2.05, 4.69) is 9.97 Å². The first-order chi connectivity index (χ1) is 7.31. The van der Waals surface area contributed by atoms with Crippen LogP contribution in [0.1, 0.15) is 5.69 Å². The summed E-state index contributed by atoms with van der Waals surface area (Å²) in [5, 5.41) is 0. The lowest BCUT2D eigenvalue weighted by Crippen LogP contribution is -1.95. The highest BCUT2D eigenvalue weighted by Crippen LogP contribution is 2.19. The highest BCUT2D eigenvalue weighted by Gasteiger charge is 2.04. The summed E-state index contributed by atoms with van der Waals surface area (Å²) in [6.07, 6.45) is 1.72. The van der Waals surface area contributed by atoms with Crippen molar-refractivity contribution in [1.82, 2.24) is 9.97 Å². The van der Waals surface area contributed by atoms with Crippen LogP contribution in [0.2, 0.25) is 0 Å². The van der Waals surface area contributed by atoms with Crippen LogP contribution in [0.4, 0.5) is 0 Å². The first-order valence-electron chi connectivity index (χ1n) is 4.74. The zero-order valence-corrected chi connectivity index (χ0v) is 8.77. The number of hydrogen-bond acceptors (Lipinski definition) is 3. The van der Waals surface area contributed by atoms with Crippen LogP contribution in [0.3, 0.4) is 0 Å². The van der Waals surface area contributed by atoms with E-state index in [-0.39, 0.29) is 0 Å². The molecule has 1 aromatic carbocycles. The summed E-state index contributed by atoms with van der Waals surface area (Å²) in [6, 6.07) is 9.96. The maximum atomic E-state index is 5.06. The number of methoxy groups -OCH3 is 1. The normalized spacial score (nSPS) is 10.0. The van der Waals surface area contributed by atoms with Gasteiger partial charge in [-0.2, -0.15) is 0 Å². The Morgan fingerprint density at radius 1 is 1.13 bits per heavy atom. The van der Waals surface area contributed by atoms with Gasteiger partial charge < -0.3 is 4.74 Å². The summed E-state index contributed by atoms with van der Waals surface area (Å²) in [5.41, 5.74) is 2.74. The Morgan fingerprint density at radius 3 is 2.47 bits per heavy atom. The molecular weight excluding hydrogens is 188 g/mol. The topological polar surface area (TPSA) is 35.0 Å². The lowest BCUT2D eigenvalue weighted by molar-refractivity contribution is 0.392. The van der Waals surface area contributed by atoms with E-state index in [1.165, 1.54) is 0 Å². The molecule has 0 aliphatic carbocycles. The summed E-state index contributed by atoms with van der Waals surface area (Å²) >= 11 is 0. The number of hydrogen-bond donors (Lipinski definition) is 0. The van der Waals surface area contributed by atoms with Crippen LogP contribution in [0, 0.1) is 6.92 Å². The van der Waals surface area contributed by atoms with Gasteiger partial charge in [0.15, 0.2) is 0 Å². The Balaban J connectivity index is 2.43. The maximum absolute atomic E-state index is 5.06. The summed E-state index contributed by atoms with van der Waals surface area (Å²) in [5.74, 6) is 0.578. The van der Waals surface area contributed by atoms with Crippen LogP contribution >= 0.6 is 0 Å². The third-order valence-electron chi connectivity index (χ3n) is 2.16. The van der Waals surface area contributed by atoms with Crippen molar-refractivity contribution < 1.29 is 4.74 Å². The smallest absolute Gasteiger partial charge is 0.235 e. The van der Waals surface area contributed by atoms with Crippen molar-refractivity contribution in [3.8, 4) is 17.1 Å². The van der Waals surface area contributed by atoms with Gasteiger partial charge in [-0.15, -0.1) is 0 Å². The molecule has 76 valence electrons. The molecule has 2 rings (SSSR count). The summed E-state index contributed by atoms with van der Waals surface area (Å²) in [4.78, 5) is 8.62. The summed E-state index contributed by atoms with van der Waals surface area (Å²) < 4.78 is 5.06. The fourth-order valence-corrected chi connectivity index (χ4v) is 1.42. The van der Waals surface area contributed by atoms with Crippen LogP contribution in [0.5, 0.6) is 5.88 Å². The minimum Gasteiger partial charge on any atom is -0.480 e. The number of aryl methyl sites for hydroxylation is 1. The van der Waals surface area contributed by atoms with Gasteiger partial charge in [-0.1, -0.05) is 30.3 Å². The molecule has 0 atom stereocenters. The van der Waals surface area contributed by atoms with Crippen molar-refractivity contribution in [3.05, 3.63) is 42.2 Å². The van der Waals surface area contributed by atoms with E-state index in [4.69, 9.17) is 4.74 Å². The minimum absolute atomic E-state index is 0.578. The Hall–Kier alpha value is -1.90. The molecule has 3 nitrogen and oxygen atoms in total. The number of ether oxygens (including phenoxy) is 1. The van der Waals surface area contributed by atoms with E-state index in [1.54, 1.807) is 13.3 Å². The van der Waals surface area contributed by atoms with Gasteiger partial charge in [-0.3, -0.25) is 0 Å². The van der Waals surface area contributed by atoms with E-state index in [0.29, 0.717) is 5.88 Å². The van der Waals surface area contributed by atoms with Crippen molar-refractivity contribution >= 4 is 0 Å². The predicted molar refractivity (Wildman–Crippen MR) is 58.8 cm³/mol. The van der Waals surface area contributed by atoms with E-state index < -0.39 is 0 Å². The van der Waals surface area contributed by atoms with Gasteiger partial charge in [0.25, 0.3) is 0 Å². The first kappa shape index (κ1) is 9.65. The van der Waals surface area contributed by atoms with Crippen molar-refractivity contribution in [3.63, 3.8) is 0 Å². The molecule has 15 heavy (non-hydrogen) atoms. The molecule has 0 saturated heterocycles. The van der Waals surface area contributed by atoms with E-state index in [9.17, 15) is 0 Å². The second-order valence-corrected chi connectivity index (χ2v) is 3.22. The van der Waals surface area contributed by atoms with E-state index in [0.717, 1.165) is 17.0 Å². The van der Waals surface area contributed by atoms with Gasteiger partial charge in [0.05, 0.1) is 19.0 Å². The average Bonchev–Trinajstić information content (AvgIpc) is 2.30. The minimum atomic E-state index is 0.578. The molecule has 0 aliphatic rings. The summed E-state index contributed by atoms with van der Waals surface area (Å²) in [7, 11) is 1.60. The number of aromatic nitrogens is 2. The summed E-state index contributed by atoms with van der Waals surface area (Å²) in [6.45, 7) is 1.89. The molecular formula is C12H12N2O. The predicted octanol–water partition coefficient (Wildman–Crippen LogP) is 2.46. The number of nitrogens with zero attached hydrogens (tertiary/aromatic N) is 2. The highest BCUT2D eigenvalue weighted by molar-refractivity contribution is 5.58. The monoisotopic (exact) mass is 200 g/mol. The van der Waals surface area contributed by atoms with Crippen molar-refractivity contribution in [2.45, 2.75) is 6.92 Å². The second kappa shape index (κ2) is 4.09. The van der Waals surface area contributed by atoms with Gasteiger partial charge >= 0.3 is 0 Å². The molecule has 0 saturated carbocycles. The standard InChI is InChI=1S/C12H12N2O/c1-9-12(15-2)13-8-11(14-9)10-6-4-3-5-7-10/h3-8H,1-2H3. The van der Waals surface area contributed by atoms with E-state index >= 15 is 0 Å². The molecule has 1 aromatic heterocycles. The van der Waals surface area contributed by atoms with Gasteiger partial charge in [0, 0.05) is 5.56 Å². The SMILES string of the molecule is COc1ncc(-c2ccccc2)nc1C. The molecule has 2 aromatic rings. The molecule has 0 spiro atoms. The lowest BCUT2D eigenvalue weighted by Gasteiger charge is -2.04. The van der Waals surface area contributed by atoms with Gasteiger partial charge in [0.2, 0.25) is 5.88 Å². The third kappa shape index (κ3) is 1.96. The van der Waals surface area contributed by atoms with E-state index in [1.807, 2.05) is 37.3 Å². The lowest BCUT2D eigenvalue weighted by atomic mass is 10.2.